The zero-order chi connectivity index (χ0) is 17.9. The highest BCUT2D eigenvalue weighted by molar-refractivity contribution is 6.33. The number of amides is 1. The SMILES string of the molecule is O=C(Nc1cccc(Cl)c1-n1cncn1)[C@H]1CC[C@@H](c2ccccc2)O1. The Morgan fingerprint density at radius 3 is 2.77 bits per heavy atom. The number of carbonyl (C=O) groups is 1. The van der Waals surface area contributed by atoms with Crippen LogP contribution in [0.1, 0.15) is 24.5 Å². The molecule has 3 aromatic rings. The summed E-state index contributed by atoms with van der Waals surface area (Å²) in [5.74, 6) is -0.188. The minimum absolute atomic E-state index is 0.0545. The minimum atomic E-state index is -0.497. The van der Waals surface area contributed by atoms with Crippen LogP contribution in [-0.2, 0) is 9.53 Å². The smallest absolute Gasteiger partial charge is 0.253 e. The molecule has 1 N–H and O–H groups in total. The average Bonchev–Trinajstić information content (AvgIpc) is 3.35. The van der Waals surface area contributed by atoms with Crippen LogP contribution in [0.5, 0.6) is 0 Å². The molecule has 1 aromatic heterocycles. The predicted octanol–water partition coefficient (Wildman–Crippen LogP) is 3.78. The molecular weight excluding hydrogens is 352 g/mol. The lowest BCUT2D eigenvalue weighted by molar-refractivity contribution is -0.126. The standard InChI is InChI=1S/C19H17ClN4O2/c20-14-7-4-8-15(18(14)24-12-21-11-22-24)23-19(25)17-10-9-16(26-17)13-5-2-1-3-6-13/h1-8,11-12,16-17H,9-10H2,(H,23,25)/t16-,17+/m0/s1. The number of ether oxygens (including phenoxy) is 1. The van der Waals surface area contributed by atoms with E-state index in [0.29, 0.717) is 22.8 Å². The molecule has 4 rings (SSSR count). The van der Waals surface area contributed by atoms with Gasteiger partial charge in [-0.3, -0.25) is 4.79 Å². The second kappa shape index (κ2) is 7.27. The van der Waals surface area contributed by atoms with Gasteiger partial charge in [-0.25, -0.2) is 9.67 Å². The van der Waals surface area contributed by atoms with Crippen molar-refractivity contribution < 1.29 is 9.53 Å². The lowest BCUT2D eigenvalue weighted by Gasteiger charge is -2.16. The third-order valence-electron chi connectivity index (χ3n) is 4.38. The average molecular weight is 369 g/mol. The van der Waals surface area contributed by atoms with Crippen LogP contribution >= 0.6 is 11.6 Å². The van der Waals surface area contributed by atoms with E-state index in [1.807, 2.05) is 30.3 Å². The summed E-state index contributed by atoms with van der Waals surface area (Å²) in [5.41, 5.74) is 2.24. The third-order valence-corrected chi connectivity index (χ3v) is 4.68. The first-order valence-corrected chi connectivity index (χ1v) is 8.75. The first-order chi connectivity index (χ1) is 12.7. The van der Waals surface area contributed by atoms with Gasteiger partial charge >= 0.3 is 0 Å². The predicted molar refractivity (Wildman–Crippen MR) is 98.3 cm³/mol. The zero-order valence-electron chi connectivity index (χ0n) is 13.9. The summed E-state index contributed by atoms with van der Waals surface area (Å²) in [6.07, 6.45) is 3.88. The fraction of sp³-hybridized carbons (Fsp3) is 0.211. The Balaban J connectivity index is 1.50. The van der Waals surface area contributed by atoms with Crippen LogP contribution < -0.4 is 5.32 Å². The number of rotatable bonds is 4. The van der Waals surface area contributed by atoms with E-state index < -0.39 is 6.10 Å². The lowest BCUT2D eigenvalue weighted by atomic mass is 10.1. The molecular formula is C19H17ClN4O2. The number of carbonyl (C=O) groups excluding carboxylic acids is 1. The Morgan fingerprint density at radius 1 is 1.15 bits per heavy atom. The normalized spacial score (nSPS) is 19.4. The van der Waals surface area contributed by atoms with Crippen molar-refractivity contribution >= 4 is 23.2 Å². The molecule has 1 aliphatic heterocycles. The number of para-hydroxylation sites is 1. The minimum Gasteiger partial charge on any atom is -0.360 e. The molecule has 2 atom stereocenters. The molecule has 2 heterocycles. The van der Waals surface area contributed by atoms with Gasteiger partial charge in [-0.2, -0.15) is 5.10 Å². The van der Waals surface area contributed by atoms with Gasteiger partial charge in [-0.15, -0.1) is 0 Å². The second-order valence-corrected chi connectivity index (χ2v) is 6.47. The molecule has 0 spiro atoms. The number of halogens is 1. The number of aromatic nitrogens is 3. The molecule has 7 heteroatoms. The van der Waals surface area contributed by atoms with Gasteiger partial charge in [0.05, 0.1) is 16.8 Å². The summed E-state index contributed by atoms with van der Waals surface area (Å²) in [6.45, 7) is 0. The van der Waals surface area contributed by atoms with Crippen molar-refractivity contribution in [2.24, 2.45) is 0 Å². The highest BCUT2D eigenvalue weighted by Gasteiger charge is 2.32. The van der Waals surface area contributed by atoms with Crippen LogP contribution in [0.3, 0.4) is 0 Å². The fourth-order valence-electron chi connectivity index (χ4n) is 3.13. The molecule has 6 nitrogen and oxygen atoms in total. The highest BCUT2D eigenvalue weighted by atomic mass is 35.5. The van der Waals surface area contributed by atoms with Crippen LogP contribution in [0, 0.1) is 0 Å². The van der Waals surface area contributed by atoms with Crippen molar-refractivity contribution in [1.29, 1.82) is 0 Å². The number of hydrogen-bond donors (Lipinski definition) is 1. The Hall–Kier alpha value is -2.70. The van der Waals surface area contributed by atoms with E-state index in [4.69, 9.17) is 16.3 Å². The van der Waals surface area contributed by atoms with E-state index in [-0.39, 0.29) is 12.0 Å². The first kappa shape index (κ1) is 16.8. The number of nitrogens with one attached hydrogen (secondary N) is 1. The van der Waals surface area contributed by atoms with Crippen molar-refractivity contribution in [2.45, 2.75) is 25.0 Å². The fourth-order valence-corrected chi connectivity index (χ4v) is 3.39. The molecule has 0 unspecified atom stereocenters. The summed E-state index contributed by atoms with van der Waals surface area (Å²) < 4.78 is 7.49. The van der Waals surface area contributed by atoms with Crippen LogP contribution in [0.4, 0.5) is 5.69 Å². The number of hydrogen-bond acceptors (Lipinski definition) is 4. The van der Waals surface area contributed by atoms with Gasteiger partial charge in [0.25, 0.3) is 5.91 Å². The van der Waals surface area contributed by atoms with Crippen LogP contribution in [0.15, 0.2) is 61.2 Å². The largest absolute Gasteiger partial charge is 0.360 e. The van der Waals surface area contributed by atoms with Crippen molar-refractivity contribution in [3.63, 3.8) is 0 Å². The van der Waals surface area contributed by atoms with E-state index in [2.05, 4.69) is 15.4 Å². The van der Waals surface area contributed by atoms with Gasteiger partial charge in [-0.05, 0) is 30.5 Å². The maximum absolute atomic E-state index is 12.7. The van der Waals surface area contributed by atoms with Gasteiger partial charge in [0.2, 0.25) is 0 Å². The molecule has 0 saturated carbocycles. The highest BCUT2D eigenvalue weighted by Crippen LogP contribution is 2.34. The van der Waals surface area contributed by atoms with Gasteiger partial charge in [0, 0.05) is 0 Å². The Bertz CT molecular complexity index is 899. The van der Waals surface area contributed by atoms with E-state index >= 15 is 0 Å². The van der Waals surface area contributed by atoms with Gasteiger partial charge < -0.3 is 10.1 Å². The van der Waals surface area contributed by atoms with Crippen molar-refractivity contribution in [3.8, 4) is 5.69 Å². The van der Waals surface area contributed by atoms with Gasteiger partial charge in [-0.1, -0.05) is 48.0 Å². The second-order valence-electron chi connectivity index (χ2n) is 6.07. The monoisotopic (exact) mass is 368 g/mol. The zero-order valence-corrected chi connectivity index (χ0v) is 14.6. The van der Waals surface area contributed by atoms with Gasteiger partial charge in [0.15, 0.2) is 0 Å². The summed E-state index contributed by atoms with van der Waals surface area (Å²) >= 11 is 6.30. The first-order valence-electron chi connectivity index (χ1n) is 8.37. The molecule has 132 valence electrons. The van der Waals surface area contributed by atoms with Crippen LogP contribution in [-0.4, -0.2) is 26.8 Å². The molecule has 2 aromatic carbocycles. The quantitative estimate of drug-likeness (QED) is 0.760. The summed E-state index contributed by atoms with van der Waals surface area (Å²) in [6, 6.07) is 15.3. The molecule has 0 bridgehead atoms. The maximum Gasteiger partial charge on any atom is 0.253 e. The van der Waals surface area contributed by atoms with E-state index in [1.165, 1.54) is 17.3 Å². The molecule has 1 saturated heterocycles. The molecule has 0 aliphatic carbocycles. The lowest BCUT2D eigenvalue weighted by Crippen LogP contribution is -2.27. The molecule has 1 fully saturated rings. The summed E-state index contributed by atoms with van der Waals surface area (Å²) in [7, 11) is 0. The Kier molecular flexibility index (Phi) is 4.69. The van der Waals surface area contributed by atoms with Crippen molar-refractivity contribution in [3.05, 3.63) is 71.8 Å². The van der Waals surface area contributed by atoms with Gasteiger partial charge in [0.1, 0.15) is 24.4 Å². The topological polar surface area (TPSA) is 69.0 Å². The number of nitrogens with zero attached hydrogens (tertiary/aromatic N) is 3. The van der Waals surface area contributed by atoms with E-state index in [9.17, 15) is 4.79 Å². The van der Waals surface area contributed by atoms with Crippen LogP contribution in [0.2, 0.25) is 5.02 Å². The molecule has 0 radical (unpaired) electrons. The number of anilines is 1. The van der Waals surface area contributed by atoms with E-state index in [1.54, 1.807) is 18.2 Å². The van der Waals surface area contributed by atoms with Crippen molar-refractivity contribution in [1.82, 2.24) is 14.8 Å². The molecule has 1 amide bonds. The van der Waals surface area contributed by atoms with E-state index in [0.717, 1.165) is 12.0 Å². The molecule has 1 aliphatic rings. The van der Waals surface area contributed by atoms with Crippen LogP contribution in [0.25, 0.3) is 5.69 Å². The maximum atomic E-state index is 12.7. The Morgan fingerprint density at radius 2 is 2.00 bits per heavy atom. The summed E-state index contributed by atoms with van der Waals surface area (Å²) in [4.78, 5) is 16.6. The third kappa shape index (κ3) is 3.34. The summed E-state index contributed by atoms with van der Waals surface area (Å²) in [5, 5.41) is 7.49. The molecule has 26 heavy (non-hydrogen) atoms. The Labute approximate surface area is 155 Å². The van der Waals surface area contributed by atoms with Crippen molar-refractivity contribution in [2.75, 3.05) is 5.32 Å². The number of benzene rings is 2.